The van der Waals surface area contributed by atoms with Gasteiger partial charge in [0.05, 0.1) is 0 Å². The van der Waals surface area contributed by atoms with E-state index in [9.17, 15) is 14.7 Å². The largest absolute Gasteiger partial charge is 0.508 e. The molecular formula is C18H24N2O4. The number of nitrogens with zero attached hydrogens (tertiary/aromatic N) is 1. The second kappa shape index (κ2) is 6.09. The van der Waals surface area contributed by atoms with Crippen molar-refractivity contribution < 1.29 is 19.4 Å². The number of hydrogen-bond donors (Lipinski definition) is 2. The van der Waals surface area contributed by atoms with Gasteiger partial charge in [-0.1, -0.05) is 12.1 Å². The first-order valence-corrected chi connectivity index (χ1v) is 8.38. The Balaban J connectivity index is 1.50. The van der Waals surface area contributed by atoms with Crippen LogP contribution < -0.4 is 5.32 Å². The predicted octanol–water partition coefficient (Wildman–Crippen LogP) is 1.57. The van der Waals surface area contributed by atoms with E-state index in [1.165, 1.54) is 0 Å². The van der Waals surface area contributed by atoms with Crippen LogP contribution in [0.3, 0.4) is 0 Å². The van der Waals surface area contributed by atoms with E-state index in [0.717, 1.165) is 5.56 Å². The normalized spacial score (nSPS) is 21.8. The molecule has 0 unspecified atom stereocenters. The van der Waals surface area contributed by atoms with E-state index in [2.05, 4.69) is 5.32 Å². The molecule has 2 fully saturated rings. The number of phenols is 1. The summed E-state index contributed by atoms with van der Waals surface area (Å²) >= 11 is 0. The van der Waals surface area contributed by atoms with Crippen LogP contribution in [0.25, 0.3) is 0 Å². The Hall–Kier alpha value is -2.08. The van der Waals surface area contributed by atoms with Gasteiger partial charge >= 0.3 is 0 Å². The average Bonchev–Trinajstić information content (AvgIpc) is 2.76. The number of hydrogen-bond acceptors (Lipinski definition) is 4. The van der Waals surface area contributed by atoms with Gasteiger partial charge in [0.25, 0.3) is 5.91 Å². The summed E-state index contributed by atoms with van der Waals surface area (Å²) in [4.78, 5) is 26.2. The molecule has 2 amide bonds. The Morgan fingerprint density at radius 3 is 2.42 bits per heavy atom. The zero-order chi connectivity index (χ0) is 17.4. The highest BCUT2D eigenvalue weighted by atomic mass is 16.6. The van der Waals surface area contributed by atoms with Crippen LogP contribution >= 0.6 is 0 Å². The zero-order valence-electron chi connectivity index (χ0n) is 14.2. The van der Waals surface area contributed by atoms with Crippen LogP contribution in [0.15, 0.2) is 24.3 Å². The zero-order valence-corrected chi connectivity index (χ0v) is 14.2. The lowest BCUT2D eigenvalue weighted by atomic mass is 10.00. The number of ether oxygens (including phenoxy) is 1. The van der Waals surface area contributed by atoms with Gasteiger partial charge in [-0.25, -0.2) is 0 Å². The number of likely N-dealkylation sites (tertiary alicyclic amines) is 1. The summed E-state index contributed by atoms with van der Waals surface area (Å²) in [6, 6.07) is 6.92. The van der Waals surface area contributed by atoms with Crippen LogP contribution in [0.1, 0.15) is 38.7 Å². The van der Waals surface area contributed by atoms with E-state index in [1.54, 1.807) is 26.0 Å². The maximum Gasteiger partial charge on any atom is 0.253 e. The number of phenolic OH excluding ortho intramolecular Hbond substituents is 1. The van der Waals surface area contributed by atoms with Gasteiger partial charge in [-0.2, -0.15) is 0 Å². The minimum atomic E-state index is -0.801. The van der Waals surface area contributed by atoms with Crippen molar-refractivity contribution >= 4 is 11.8 Å². The summed E-state index contributed by atoms with van der Waals surface area (Å²) in [5.41, 5.74) is -0.387. The van der Waals surface area contributed by atoms with E-state index in [-0.39, 0.29) is 17.6 Å². The van der Waals surface area contributed by atoms with Gasteiger partial charge in [-0.05, 0) is 38.0 Å². The van der Waals surface area contributed by atoms with Gasteiger partial charge in [0.1, 0.15) is 17.1 Å². The SMILES string of the molecule is CC1(C)OC2(CCN(C(=O)CCc3ccc(O)cc3)CC2)NC1=O. The molecule has 130 valence electrons. The molecule has 1 spiro atoms. The van der Waals surface area contributed by atoms with Crippen molar-refractivity contribution in [1.82, 2.24) is 10.2 Å². The van der Waals surface area contributed by atoms with E-state index in [0.29, 0.717) is 38.8 Å². The number of carbonyl (C=O) groups is 2. The van der Waals surface area contributed by atoms with Crippen LogP contribution in [-0.4, -0.2) is 46.2 Å². The fourth-order valence-electron chi connectivity index (χ4n) is 3.33. The molecule has 6 nitrogen and oxygen atoms in total. The van der Waals surface area contributed by atoms with Crippen molar-refractivity contribution in [1.29, 1.82) is 0 Å². The van der Waals surface area contributed by atoms with Gasteiger partial charge in [-0.3, -0.25) is 9.59 Å². The second-order valence-corrected chi connectivity index (χ2v) is 7.11. The molecule has 0 saturated carbocycles. The third-order valence-corrected chi connectivity index (χ3v) is 4.83. The minimum Gasteiger partial charge on any atom is -0.508 e. The highest BCUT2D eigenvalue weighted by molar-refractivity contribution is 5.86. The Morgan fingerprint density at radius 2 is 1.88 bits per heavy atom. The van der Waals surface area contributed by atoms with Crippen molar-refractivity contribution in [3.8, 4) is 5.75 Å². The predicted molar refractivity (Wildman–Crippen MR) is 88.3 cm³/mol. The lowest BCUT2D eigenvalue weighted by Crippen LogP contribution is -2.53. The first kappa shape index (κ1) is 16.8. The number of rotatable bonds is 3. The van der Waals surface area contributed by atoms with Crippen LogP contribution in [0.2, 0.25) is 0 Å². The first-order valence-electron chi connectivity index (χ1n) is 8.38. The lowest BCUT2D eigenvalue weighted by Gasteiger charge is -2.39. The monoisotopic (exact) mass is 332 g/mol. The fraction of sp³-hybridized carbons (Fsp3) is 0.556. The molecule has 2 saturated heterocycles. The molecule has 2 aliphatic heterocycles. The Labute approximate surface area is 141 Å². The van der Waals surface area contributed by atoms with E-state index >= 15 is 0 Å². The summed E-state index contributed by atoms with van der Waals surface area (Å²) in [7, 11) is 0. The Morgan fingerprint density at radius 1 is 1.25 bits per heavy atom. The van der Waals surface area contributed by atoms with E-state index in [1.807, 2.05) is 17.0 Å². The maximum absolute atomic E-state index is 12.4. The number of amides is 2. The number of aryl methyl sites for hydroxylation is 1. The second-order valence-electron chi connectivity index (χ2n) is 7.11. The van der Waals surface area contributed by atoms with Crippen LogP contribution in [0.5, 0.6) is 5.75 Å². The number of benzene rings is 1. The standard InChI is InChI=1S/C18H24N2O4/c1-17(2)16(23)19-18(24-17)9-11-20(12-10-18)15(22)8-5-13-3-6-14(21)7-4-13/h3-4,6-7,21H,5,8-12H2,1-2H3,(H,19,23). The number of piperidine rings is 1. The van der Waals surface area contributed by atoms with E-state index in [4.69, 9.17) is 4.74 Å². The third-order valence-electron chi connectivity index (χ3n) is 4.83. The molecule has 6 heteroatoms. The first-order chi connectivity index (χ1) is 11.3. The maximum atomic E-state index is 12.4. The van der Waals surface area contributed by atoms with Crippen LogP contribution in [0.4, 0.5) is 0 Å². The summed E-state index contributed by atoms with van der Waals surface area (Å²) < 4.78 is 5.94. The van der Waals surface area contributed by atoms with Gasteiger partial charge in [0.2, 0.25) is 5.91 Å². The Bertz CT molecular complexity index is 631. The van der Waals surface area contributed by atoms with Crippen LogP contribution in [0, 0.1) is 0 Å². The number of nitrogens with one attached hydrogen (secondary N) is 1. The van der Waals surface area contributed by atoms with Gasteiger partial charge in [0, 0.05) is 32.4 Å². The summed E-state index contributed by atoms with van der Waals surface area (Å²) in [5, 5.41) is 12.2. The average molecular weight is 332 g/mol. The van der Waals surface area contributed by atoms with Crippen molar-refractivity contribution in [3.05, 3.63) is 29.8 Å². The third kappa shape index (κ3) is 3.38. The number of carbonyl (C=O) groups excluding carboxylic acids is 2. The molecule has 1 aromatic carbocycles. The summed E-state index contributed by atoms with van der Waals surface area (Å²) in [6.07, 6.45) is 2.33. The highest BCUT2D eigenvalue weighted by Crippen LogP contribution is 2.34. The van der Waals surface area contributed by atoms with Gasteiger partial charge in [-0.15, -0.1) is 0 Å². The molecule has 0 bridgehead atoms. The van der Waals surface area contributed by atoms with Gasteiger partial charge in [0.15, 0.2) is 0 Å². The van der Waals surface area contributed by atoms with Crippen molar-refractivity contribution in [2.45, 2.75) is 50.9 Å². The number of aromatic hydroxyl groups is 1. The smallest absolute Gasteiger partial charge is 0.253 e. The molecule has 3 rings (SSSR count). The summed E-state index contributed by atoms with van der Waals surface area (Å²) in [5.74, 6) is 0.254. The van der Waals surface area contributed by atoms with Crippen LogP contribution in [-0.2, 0) is 20.7 Å². The molecule has 2 heterocycles. The van der Waals surface area contributed by atoms with Crippen molar-refractivity contribution in [3.63, 3.8) is 0 Å². The van der Waals surface area contributed by atoms with Crippen molar-refractivity contribution in [2.75, 3.05) is 13.1 Å². The molecule has 24 heavy (non-hydrogen) atoms. The topological polar surface area (TPSA) is 78.9 Å². The Kier molecular flexibility index (Phi) is 4.25. The highest BCUT2D eigenvalue weighted by Gasteiger charge is 2.51. The molecule has 1 aromatic rings. The summed E-state index contributed by atoms with van der Waals surface area (Å²) in [6.45, 7) is 4.72. The molecule has 2 N–H and O–H groups in total. The lowest BCUT2D eigenvalue weighted by molar-refractivity contribution is -0.147. The molecule has 0 atom stereocenters. The molecular weight excluding hydrogens is 308 g/mol. The molecule has 0 aromatic heterocycles. The molecule has 0 radical (unpaired) electrons. The minimum absolute atomic E-state index is 0.0883. The van der Waals surface area contributed by atoms with Gasteiger partial charge < -0.3 is 20.1 Å². The quantitative estimate of drug-likeness (QED) is 0.881. The molecule has 0 aliphatic carbocycles. The van der Waals surface area contributed by atoms with E-state index < -0.39 is 11.3 Å². The van der Waals surface area contributed by atoms with Crippen molar-refractivity contribution in [2.24, 2.45) is 0 Å². The fourth-order valence-corrected chi connectivity index (χ4v) is 3.33. The molecule has 2 aliphatic rings.